The first-order valence-electron chi connectivity index (χ1n) is 4.04. The van der Waals surface area contributed by atoms with Crippen molar-refractivity contribution in [3.63, 3.8) is 0 Å². The van der Waals surface area contributed by atoms with Gasteiger partial charge in [0.2, 0.25) is 5.82 Å². The number of nitrogens with two attached hydrogens (primary N) is 1. The van der Waals surface area contributed by atoms with Crippen molar-refractivity contribution in [3.8, 4) is 0 Å². The number of pyridine rings is 1. The molecule has 0 saturated carbocycles. The third-order valence-corrected chi connectivity index (χ3v) is 1.93. The van der Waals surface area contributed by atoms with Crippen molar-refractivity contribution in [2.24, 2.45) is 5.73 Å². The van der Waals surface area contributed by atoms with Gasteiger partial charge in [-0.25, -0.2) is 8.78 Å². The van der Waals surface area contributed by atoms with Crippen molar-refractivity contribution in [2.45, 2.75) is 13.0 Å². The SMILES string of the molecule is NCc1ccn2c(C(F)F)nnc2c1. The molecule has 2 aromatic heterocycles. The van der Waals surface area contributed by atoms with E-state index < -0.39 is 6.43 Å². The quantitative estimate of drug-likeness (QED) is 0.786. The maximum Gasteiger partial charge on any atom is 0.297 e. The highest BCUT2D eigenvalue weighted by molar-refractivity contribution is 5.41. The Bertz CT molecular complexity index is 452. The minimum atomic E-state index is -2.62. The molecule has 0 atom stereocenters. The number of hydrogen-bond donors (Lipinski definition) is 1. The number of halogens is 2. The minimum Gasteiger partial charge on any atom is -0.326 e. The molecule has 0 aliphatic rings. The van der Waals surface area contributed by atoms with Gasteiger partial charge in [-0.3, -0.25) is 4.40 Å². The van der Waals surface area contributed by atoms with E-state index in [4.69, 9.17) is 5.73 Å². The van der Waals surface area contributed by atoms with Gasteiger partial charge in [-0.15, -0.1) is 10.2 Å². The summed E-state index contributed by atoms with van der Waals surface area (Å²) in [5.41, 5.74) is 6.63. The molecule has 2 rings (SSSR count). The van der Waals surface area contributed by atoms with Crippen LogP contribution in [-0.2, 0) is 6.54 Å². The van der Waals surface area contributed by atoms with Crippen molar-refractivity contribution >= 4 is 5.65 Å². The lowest BCUT2D eigenvalue weighted by Gasteiger charge is -1.99. The van der Waals surface area contributed by atoms with E-state index in [1.54, 1.807) is 12.1 Å². The second-order valence-corrected chi connectivity index (χ2v) is 2.83. The lowest BCUT2D eigenvalue weighted by Crippen LogP contribution is -1.99. The van der Waals surface area contributed by atoms with Gasteiger partial charge in [0.15, 0.2) is 5.65 Å². The van der Waals surface area contributed by atoms with E-state index in [1.807, 2.05) is 0 Å². The van der Waals surface area contributed by atoms with Crippen LogP contribution in [0.4, 0.5) is 8.78 Å². The first-order valence-corrected chi connectivity index (χ1v) is 4.04. The van der Waals surface area contributed by atoms with Crippen LogP contribution in [0.25, 0.3) is 5.65 Å². The third-order valence-electron chi connectivity index (χ3n) is 1.93. The highest BCUT2D eigenvalue weighted by atomic mass is 19.3. The summed E-state index contributed by atoms with van der Waals surface area (Å²) in [6, 6.07) is 3.31. The Labute approximate surface area is 78.4 Å². The van der Waals surface area contributed by atoms with E-state index in [0.717, 1.165) is 5.56 Å². The fraction of sp³-hybridized carbons (Fsp3) is 0.250. The zero-order valence-electron chi connectivity index (χ0n) is 7.19. The molecule has 2 heterocycles. The van der Waals surface area contributed by atoms with Crippen molar-refractivity contribution in [1.82, 2.24) is 14.6 Å². The lowest BCUT2D eigenvalue weighted by molar-refractivity contribution is 0.139. The summed E-state index contributed by atoms with van der Waals surface area (Å²) in [6.07, 6.45) is -1.12. The molecule has 74 valence electrons. The molecule has 0 aliphatic carbocycles. The van der Waals surface area contributed by atoms with Gasteiger partial charge in [0.1, 0.15) is 0 Å². The molecule has 0 fully saturated rings. The summed E-state index contributed by atoms with van der Waals surface area (Å²) >= 11 is 0. The Morgan fingerprint density at radius 2 is 2.21 bits per heavy atom. The van der Waals surface area contributed by atoms with Crippen LogP contribution in [0.15, 0.2) is 18.3 Å². The molecular weight excluding hydrogens is 190 g/mol. The summed E-state index contributed by atoms with van der Waals surface area (Å²) < 4.78 is 26.0. The van der Waals surface area contributed by atoms with E-state index >= 15 is 0 Å². The highest BCUT2D eigenvalue weighted by Gasteiger charge is 2.15. The number of alkyl halides is 2. The number of nitrogens with zero attached hydrogens (tertiary/aromatic N) is 3. The molecule has 0 amide bonds. The van der Waals surface area contributed by atoms with Gasteiger partial charge in [-0.05, 0) is 17.7 Å². The predicted molar refractivity (Wildman–Crippen MR) is 45.8 cm³/mol. The van der Waals surface area contributed by atoms with Crippen LogP contribution in [0.1, 0.15) is 17.8 Å². The standard InChI is InChI=1S/C8H8F2N4/c9-7(10)8-13-12-6-3-5(4-11)1-2-14(6)8/h1-3,7H,4,11H2. The smallest absolute Gasteiger partial charge is 0.297 e. The van der Waals surface area contributed by atoms with E-state index in [0.29, 0.717) is 12.2 Å². The topological polar surface area (TPSA) is 56.2 Å². The number of rotatable bonds is 2. The van der Waals surface area contributed by atoms with E-state index in [1.165, 1.54) is 10.6 Å². The average molecular weight is 198 g/mol. The second-order valence-electron chi connectivity index (χ2n) is 2.83. The fourth-order valence-electron chi connectivity index (χ4n) is 1.23. The lowest BCUT2D eigenvalue weighted by atomic mass is 10.3. The summed E-state index contributed by atoms with van der Waals surface area (Å²) in [6.45, 7) is 0.355. The van der Waals surface area contributed by atoms with Crippen LogP contribution >= 0.6 is 0 Å². The number of hydrogen-bond acceptors (Lipinski definition) is 3. The molecule has 6 heteroatoms. The Hall–Kier alpha value is -1.56. The molecule has 0 saturated heterocycles. The summed E-state index contributed by atoms with van der Waals surface area (Å²) in [4.78, 5) is 0. The van der Waals surface area contributed by atoms with Crippen molar-refractivity contribution < 1.29 is 8.78 Å². The summed E-state index contributed by atoms with van der Waals surface area (Å²) in [5, 5.41) is 7.02. The Kier molecular flexibility index (Phi) is 2.12. The van der Waals surface area contributed by atoms with Gasteiger partial charge in [0, 0.05) is 12.7 Å². The van der Waals surface area contributed by atoms with Crippen LogP contribution in [0, 0.1) is 0 Å². The van der Waals surface area contributed by atoms with Crippen LogP contribution < -0.4 is 5.73 Å². The molecule has 0 unspecified atom stereocenters. The van der Waals surface area contributed by atoms with Crippen LogP contribution in [0.5, 0.6) is 0 Å². The number of aromatic nitrogens is 3. The minimum absolute atomic E-state index is 0.344. The van der Waals surface area contributed by atoms with Gasteiger partial charge in [-0.1, -0.05) is 0 Å². The number of fused-ring (bicyclic) bond motifs is 1. The van der Waals surface area contributed by atoms with Crippen LogP contribution in [-0.4, -0.2) is 14.6 Å². The van der Waals surface area contributed by atoms with Gasteiger partial charge in [0.25, 0.3) is 6.43 Å². The fourth-order valence-corrected chi connectivity index (χ4v) is 1.23. The maximum atomic E-state index is 12.4. The monoisotopic (exact) mass is 198 g/mol. The van der Waals surface area contributed by atoms with Crippen LogP contribution in [0.2, 0.25) is 0 Å². The summed E-state index contributed by atoms with van der Waals surface area (Å²) in [7, 11) is 0. The summed E-state index contributed by atoms with van der Waals surface area (Å²) in [5.74, 6) is -0.344. The highest BCUT2D eigenvalue weighted by Crippen LogP contribution is 2.17. The normalized spacial score (nSPS) is 11.4. The van der Waals surface area contributed by atoms with E-state index in [9.17, 15) is 8.78 Å². The zero-order chi connectivity index (χ0) is 10.1. The van der Waals surface area contributed by atoms with E-state index in [-0.39, 0.29) is 5.82 Å². The van der Waals surface area contributed by atoms with Gasteiger partial charge in [0.05, 0.1) is 0 Å². The van der Waals surface area contributed by atoms with Crippen molar-refractivity contribution in [3.05, 3.63) is 29.7 Å². The first kappa shape index (κ1) is 9.01. The Balaban J connectivity index is 2.59. The van der Waals surface area contributed by atoms with Crippen molar-refractivity contribution in [2.75, 3.05) is 0 Å². The van der Waals surface area contributed by atoms with Crippen LogP contribution in [0.3, 0.4) is 0 Å². The molecule has 2 N–H and O–H groups in total. The van der Waals surface area contributed by atoms with Gasteiger partial charge in [-0.2, -0.15) is 0 Å². The molecule has 0 aliphatic heterocycles. The molecule has 14 heavy (non-hydrogen) atoms. The largest absolute Gasteiger partial charge is 0.326 e. The van der Waals surface area contributed by atoms with E-state index in [2.05, 4.69) is 10.2 Å². The molecular formula is C8H8F2N4. The second kappa shape index (κ2) is 3.30. The predicted octanol–water partition coefficient (Wildman–Crippen LogP) is 1.13. The van der Waals surface area contributed by atoms with Gasteiger partial charge >= 0.3 is 0 Å². The zero-order valence-corrected chi connectivity index (χ0v) is 7.19. The molecule has 4 nitrogen and oxygen atoms in total. The Morgan fingerprint density at radius 1 is 1.43 bits per heavy atom. The molecule has 2 aromatic rings. The molecule has 0 aromatic carbocycles. The molecule has 0 spiro atoms. The molecule has 0 bridgehead atoms. The Morgan fingerprint density at radius 3 is 2.86 bits per heavy atom. The van der Waals surface area contributed by atoms with Gasteiger partial charge < -0.3 is 5.73 Å². The average Bonchev–Trinajstić information content (AvgIpc) is 2.59. The molecule has 0 radical (unpaired) electrons. The third kappa shape index (κ3) is 1.33. The maximum absolute atomic E-state index is 12.4. The van der Waals surface area contributed by atoms with Crippen molar-refractivity contribution in [1.29, 1.82) is 0 Å². The first-order chi connectivity index (χ1) is 6.72.